The number of carbonyl (C=O) groups excluding carboxylic acids is 2. The molecule has 0 aliphatic rings. The first-order valence-corrected chi connectivity index (χ1v) is 6.29. The monoisotopic (exact) mass is 296 g/mol. The lowest BCUT2D eigenvalue weighted by Crippen LogP contribution is -2.52. The molecule has 0 saturated carbocycles. The Morgan fingerprint density at radius 3 is 2.38 bits per heavy atom. The molecule has 3 amide bonds. The summed E-state index contributed by atoms with van der Waals surface area (Å²) >= 11 is 0. The Bertz CT molecular complexity index is 473. The molecule has 0 bridgehead atoms. The quantitative estimate of drug-likeness (QED) is 0.444. The summed E-state index contributed by atoms with van der Waals surface area (Å²) in [5, 5.41) is 0.598. The van der Waals surface area contributed by atoms with Crippen LogP contribution < -0.4 is 16.7 Å². The highest BCUT2D eigenvalue weighted by Crippen LogP contribution is 2.10. The summed E-state index contributed by atoms with van der Waals surface area (Å²) in [6, 6.07) is 8.34. The van der Waals surface area contributed by atoms with Gasteiger partial charge in [0.25, 0.3) is 0 Å². The number of nitrogens with one attached hydrogen (secondary N) is 2. The second kappa shape index (κ2) is 7.46. The predicted molar refractivity (Wildman–Crippen MR) is 75.2 cm³/mol. The average Bonchev–Trinajstić information content (AvgIpc) is 2.42. The van der Waals surface area contributed by atoms with Gasteiger partial charge in [-0.2, -0.15) is 0 Å². The first-order chi connectivity index (χ1) is 9.81. The topological polar surface area (TPSA) is 106 Å². The second-order valence-electron chi connectivity index (χ2n) is 5.12. The number of urea groups is 1. The summed E-state index contributed by atoms with van der Waals surface area (Å²) in [6.07, 6.45) is -0.859. The summed E-state index contributed by atoms with van der Waals surface area (Å²) in [6.45, 7) is 5.17. The van der Waals surface area contributed by atoms with E-state index in [2.05, 4.69) is 5.43 Å². The van der Waals surface area contributed by atoms with Gasteiger partial charge in [-0.1, -0.05) is 35.5 Å². The van der Waals surface area contributed by atoms with Crippen LogP contribution in [-0.2, 0) is 16.2 Å². The first kappa shape index (κ1) is 16.7. The van der Waals surface area contributed by atoms with Crippen molar-refractivity contribution in [3.63, 3.8) is 0 Å². The highest BCUT2D eigenvalue weighted by Gasteiger charge is 2.24. The standard InChI is InChI=1S/C13H20N4O4/c1-13(2,3)21-12(19)17(16-11(18)15-14)20-9-10-7-5-4-6-8-10/h4-8H,9,14H2,1-3H3,(H2,15,16,18). The molecule has 1 aromatic rings. The van der Waals surface area contributed by atoms with Crippen LogP contribution in [0.2, 0.25) is 0 Å². The van der Waals surface area contributed by atoms with Crippen LogP contribution in [0.1, 0.15) is 26.3 Å². The van der Waals surface area contributed by atoms with Gasteiger partial charge in [0.2, 0.25) is 0 Å². The molecule has 116 valence electrons. The highest BCUT2D eigenvalue weighted by molar-refractivity contribution is 5.76. The number of nitrogens with two attached hydrogens (primary N) is 1. The largest absolute Gasteiger partial charge is 0.454 e. The zero-order valence-electron chi connectivity index (χ0n) is 12.3. The van der Waals surface area contributed by atoms with Gasteiger partial charge in [-0.25, -0.2) is 25.7 Å². The molecule has 4 N–H and O–H groups in total. The van der Waals surface area contributed by atoms with Gasteiger partial charge in [0.15, 0.2) is 0 Å². The smallest absolute Gasteiger partial charge is 0.441 e. The number of hydrogen-bond acceptors (Lipinski definition) is 5. The van der Waals surface area contributed by atoms with Crippen molar-refractivity contribution in [2.24, 2.45) is 5.84 Å². The van der Waals surface area contributed by atoms with Crippen LogP contribution in [0.5, 0.6) is 0 Å². The maximum Gasteiger partial charge on any atom is 0.454 e. The lowest BCUT2D eigenvalue weighted by molar-refractivity contribution is -0.177. The molecule has 0 fully saturated rings. The van der Waals surface area contributed by atoms with Gasteiger partial charge in [0.1, 0.15) is 12.2 Å². The van der Waals surface area contributed by atoms with Crippen molar-refractivity contribution in [1.29, 1.82) is 0 Å². The second-order valence-corrected chi connectivity index (χ2v) is 5.12. The maximum atomic E-state index is 11.9. The van der Waals surface area contributed by atoms with E-state index in [0.29, 0.717) is 5.17 Å². The SMILES string of the molecule is CC(C)(C)OC(=O)N(NC(=O)NN)OCc1ccccc1. The van der Waals surface area contributed by atoms with Crippen molar-refractivity contribution in [2.75, 3.05) is 0 Å². The van der Waals surface area contributed by atoms with Gasteiger partial charge >= 0.3 is 12.1 Å². The van der Waals surface area contributed by atoms with E-state index in [0.717, 1.165) is 5.56 Å². The minimum Gasteiger partial charge on any atom is -0.441 e. The Labute approximate surface area is 123 Å². The normalized spacial score (nSPS) is 10.7. The fourth-order valence-corrected chi connectivity index (χ4v) is 1.27. The van der Waals surface area contributed by atoms with Crippen LogP contribution in [0.4, 0.5) is 9.59 Å². The number of amides is 3. The third-order valence-corrected chi connectivity index (χ3v) is 2.10. The van der Waals surface area contributed by atoms with Gasteiger partial charge < -0.3 is 4.74 Å². The van der Waals surface area contributed by atoms with Crippen molar-refractivity contribution in [1.82, 2.24) is 16.0 Å². The highest BCUT2D eigenvalue weighted by atomic mass is 16.8. The Balaban J connectivity index is 2.68. The average molecular weight is 296 g/mol. The number of ether oxygens (including phenoxy) is 1. The number of carbonyl (C=O) groups is 2. The zero-order chi connectivity index (χ0) is 15.9. The van der Waals surface area contributed by atoms with E-state index < -0.39 is 17.7 Å². The molecular formula is C13H20N4O4. The van der Waals surface area contributed by atoms with Crippen LogP contribution in [0.3, 0.4) is 0 Å². The number of hydroxylamine groups is 1. The van der Waals surface area contributed by atoms with E-state index in [1.165, 1.54) is 0 Å². The molecule has 0 radical (unpaired) electrons. The lowest BCUT2D eigenvalue weighted by atomic mass is 10.2. The van der Waals surface area contributed by atoms with Crippen molar-refractivity contribution < 1.29 is 19.2 Å². The van der Waals surface area contributed by atoms with E-state index >= 15 is 0 Å². The molecule has 0 unspecified atom stereocenters. The Hall–Kier alpha value is -2.32. The number of benzene rings is 1. The van der Waals surface area contributed by atoms with E-state index in [9.17, 15) is 9.59 Å². The Morgan fingerprint density at radius 2 is 1.86 bits per heavy atom. The summed E-state index contributed by atoms with van der Waals surface area (Å²) in [7, 11) is 0. The number of nitrogens with zero attached hydrogens (tertiary/aromatic N) is 1. The van der Waals surface area contributed by atoms with E-state index in [1.54, 1.807) is 20.8 Å². The van der Waals surface area contributed by atoms with E-state index in [4.69, 9.17) is 15.4 Å². The van der Waals surface area contributed by atoms with Gasteiger partial charge in [-0.05, 0) is 26.3 Å². The molecule has 0 atom stereocenters. The van der Waals surface area contributed by atoms with Crippen LogP contribution in [0.25, 0.3) is 0 Å². The molecule has 0 spiro atoms. The molecule has 0 aromatic heterocycles. The summed E-state index contributed by atoms with van der Waals surface area (Å²) in [4.78, 5) is 28.4. The molecule has 8 heteroatoms. The van der Waals surface area contributed by atoms with Crippen LogP contribution in [-0.4, -0.2) is 22.9 Å². The number of hydrazine groups is 2. The van der Waals surface area contributed by atoms with Crippen LogP contribution in [0, 0.1) is 0 Å². The van der Waals surface area contributed by atoms with Crippen molar-refractivity contribution in [3.05, 3.63) is 35.9 Å². The molecule has 8 nitrogen and oxygen atoms in total. The Kier molecular flexibility index (Phi) is 5.94. The predicted octanol–water partition coefficient (Wildman–Crippen LogP) is 1.44. The maximum absolute atomic E-state index is 11.9. The lowest BCUT2D eigenvalue weighted by Gasteiger charge is -2.26. The summed E-state index contributed by atoms with van der Waals surface area (Å²) in [5.41, 5.74) is 4.04. The minimum atomic E-state index is -0.859. The third kappa shape index (κ3) is 6.59. The van der Waals surface area contributed by atoms with Crippen molar-refractivity contribution in [2.45, 2.75) is 33.0 Å². The fourth-order valence-electron chi connectivity index (χ4n) is 1.27. The minimum absolute atomic E-state index is 0.0743. The van der Waals surface area contributed by atoms with E-state index in [1.807, 2.05) is 35.8 Å². The number of hydrogen-bond donors (Lipinski definition) is 3. The van der Waals surface area contributed by atoms with E-state index in [-0.39, 0.29) is 6.61 Å². The summed E-state index contributed by atoms with van der Waals surface area (Å²) < 4.78 is 5.11. The summed E-state index contributed by atoms with van der Waals surface area (Å²) in [5.74, 6) is 4.96. The van der Waals surface area contributed by atoms with Gasteiger partial charge in [-0.15, -0.1) is 0 Å². The first-order valence-electron chi connectivity index (χ1n) is 6.29. The van der Waals surface area contributed by atoms with Crippen LogP contribution in [0.15, 0.2) is 30.3 Å². The molecule has 1 aromatic carbocycles. The van der Waals surface area contributed by atoms with Gasteiger partial charge in [0.05, 0.1) is 0 Å². The van der Waals surface area contributed by atoms with Crippen molar-refractivity contribution in [3.8, 4) is 0 Å². The van der Waals surface area contributed by atoms with Gasteiger partial charge in [-0.3, -0.25) is 5.43 Å². The number of rotatable bonds is 3. The molecule has 0 aliphatic carbocycles. The van der Waals surface area contributed by atoms with Crippen LogP contribution >= 0.6 is 0 Å². The molecule has 0 aliphatic heterocycles. The zero-order valence-corrected chi connectivity index (χ0v) is 12.3. The van der Waals surface area contributed by atoms with Crippen molar-refractivity contribution >= 4 is 12.1 Å². The molecule has 0 saturated heterocycles. The third-order valence-electron chi connectivity index (χ3n) is 2.10. The Morgan fingerprint density at radius 1 is 1.24 bits per heavy atom. The fraction of sp³-hybridized carbons (Fsp3) is 0.385. The molecule has 21 heavy (non-hydrogen) atoms. The molecule has 1 rings (SSSR count). The van der Waals surface area contributed by atoms with Gasteiger partial charge in [0, 0.05) is 0 Å². The molecular weight excluding hydrogens is 276 g/mol. The molecule has 0 heterocycles.